The second kappa shape index (κ2) is 4.42. The normalized spacial score (nSPS) is 17.0. The number of nitrogens with one attached hydrogen (secondary N) is 2. The van der Waals surface area contributed by atoms with E-state index in [1.54, 1.807) is 11.3 Å². The van der Waals surface area contributed by atoms with E-state index in [9.17, 15) is 4.79 Å². The molecule has 1 aliphatic carbocycles. The van der Waals surface area contributed by atoms with Gasteiger partial charge in [0.2, 0.25) is 0 Å². The lowest BCUT2D eigenvalue weighted by Gasteiger charge is -2.09. The molecule has 0 bridgehead atoms. The van der Waals surface area contributed by atoms with Crippen molar-refractivity contribution in [1.82, 2.24) is 15.3 Å². The van der Waals surface area contributed by atoms with Gasteiger partial charge in [0.15, 0.2) is 0 Å². The summed E-state index contributed by atoms with van der Waals surface area (Å²) in [6, 6.07) is 0. The maximum atomic E-state index is 12.1. The first-order chi connectivity index (χ1) is 8.98. The summed E-state index contributed by atoms with van der Waals surface area (Å²) in [4.78, 5) is 21.6. The van der Waals surface area contributed by atoms with E-state index in [0.717, 1.165) is 28.1 Å². The molecule has 1 saturated carbocycles. The first-order valence-corrected chi connectivity index (χ1v) is 7.50. The Labute approximate surface area is 116 Å². The van der Waals surface area contributed by atoms with Gasteiger partial charge < -0.3 is 10.3 Å². The molecule has 2 heterocycles. The SMILES string of the molecule is Cc1sc2nc(CNCC3(C)CC3)[nH]c(=O)c2c1C. The summed E-state index contributed by atoms with van der Waals surface area (Å²) in [5, 5.41) is 4.14. The molecule has 19 heavy (non-hydrogen) atoms. The van der Waals surface area contributed by atoms with Crippen molar-refractivity contribution in [3.05, 3.63) is 26.6 Å². The summed E-state index contributed by atoms with van der Waals surface area (Å²) in [7, 11) is 0. The van der Waals surface area contributed by atoms with Gasteiger partial charge in [0.05, 0.1) is 11.9 Å². The molecule has 0 atom stereocenters. The average Bonchev–Trinajstić information content (AvgIpc) is 2.98. The van der Waals surface area contributed by atoms with Gasteiger partial charge in [0.1, 0.15) is 10.7 Å². The van der Waals surface area contributed by atoms with Crippen molar-refractivity contribution in [2.75, 3.05) is 6.54 Å². The maximum absolute atomic E-state index is 12.1. The van der Waals surface area contributed by atoms with Crippen LogP contribution in [0.5, 0.6) is 0 Å². The van der Waals surface area contributed by atoms with E-state index in [0.29, 0.717) is 12.0 Å². The number of nitrogens with zero attached hydrogens (tertiary/aromatic N) is 1. The third-order valence-electron chi connectivity index (χ3n) is 4.04. The highest BCUT2D eigenvalue weighted by Crippen LogP contribution is 2.44. The van der Waals surface area contributed by atoms with Crippen molar-refractivity contribution in [2.45, 2.75) is 40.2 Å². The fourth-order valence-corrected chi connectivity index (χ4v) is 3.30. The Hall–Kier alpha value is -1.20. The summed E-state index contributed by atoms with van der Waals surface area (Å²) >= 11 is 1.60. The second-order valence-electron chi connectivity index (χ2n) is 5.89. The minimum absolute atomic E-state index is 0.0127. The highest BCUT2D eigenvalue weighted by molar-refractivity contribution is 7.18. The van der Waals surface area contributed by atoms with E-state index in [2.05, 4.69) is 22.2 Å². The van der Waals surface area contributed by atoms with Gasteiger partial charge in [-0.1, -0.05) is 6.92 Å². The van der Waals surface area contributed by atoms with E-state index >= 15 is 0 Å². The van der Waals surface area contributed by atoms with Crippen molar-refractivity contribution in [3.63, 3.8) is 0 Å². The molecule has 5 heteroatoms. The molecule has 2 aromatic rings. The number of aryl methyl sites for hydroxylation is 2. The number of rotatable bonds is 4. The summed E-state index contributed by atoms with van der Waals surface area (Å²) in [5.41, 5.74) is 1.51. The largest absolute Gasteiger partial charge is 0.309 e. The molecule has 0 aliphatic heterocycles. The van der Waals surface area contributed by atoms with Crippen molar-refractivity contribution in [3.8, 4) is 0 Å². The molecular formula is C14H19N3OS. The Morgan fingerprint density at radius 3 is 2.84 bits per heavy atom. The van der Waals surface area contributed by atoms with Crippen LogP contribution in [0.1, 0.15) is 36.0 Å². The third-order valence-corrected chi connectivity index (χ3v) is 5.14. The average molecular weight is 277 g/mol. The zero-order valence-corrected chi connectivity index (χ0v) is 12.4. The number of thiophene rings is 1. The molecule has 102 valence electrons. The smallest absolute Gasteiger partial charge is 0.259 e. The van der Waals surface area contributed by atoms with Gasteiger partial charge in [0, 0.05) is 11.4 Å². The topological polar surface area (TPSA) is 57.8 Å². The standard InChI is InChI=1S/C14H19N3OS/c1-8-9(2)19-13-11(8)12(18)16-10(17-13)6-15-7-14(3)4-5-14/h15H,4-7H2,1-3H3,(H,16,17,18). The highest BCUT2D eigenvalue weighted by Gasteiger charge is 2.36. The van der Waals surface area contributed by atoms with Crippen LogP contribution in [0.2, 0.25) is 0 Å². The van der Waals surface area contributed by atoms with Crippen molar-refractivity contribution in [2.24, 2.45) is 5.41 Å². The molecule has 0 spiro atoms. The zero-order chi connectivity index (χ0) is 13.6. The van der Waals surface area contributed by atoms with E-state index < -0.39 is 0 Å². The number of H-pyrrole nitrogens is 1. The molecule has 0 aromatic carbocycles. The van der Waals surface area contributed by atoms with Crippen LogP contribution in [-0.4, -0.2) is 16.5 Å². The number of hydrogen-bond acceptors (Lipinski definition) is 4. The first-order valence-electron chi connectivity index (χ1n) is 6.68. The van der Waals surface area contributed by atoms with Crippen LogP contribution in [0.15, 0.2) is 4.79 Å². The molecular weight excluding hydrogens is 258 g/mol. The van der Waals surface area contributed by atoms with Crippen molar-refractivity contribution >= 4 is 21.6 Å². The molecule has 0 amide bonds. The lowest BCUT2D eigenvalue weighted by Crippen LogP contribution is -2.24. The molecule has 4 nitrogen and oxygen atoms in total. The molecule has 0 saturated heterocycles. The summed E-state index contributed by atoms with van der Waals surface area (Å²) in [6.07, 6.45) is 2.60. The highest BCUT2D eigenvalue weighted by atomic mass is 32.1. The van der Waals surface area contributed by atoms with Gasteiger partial charge in [-0.3, -0.25) is 4.79 Å². The van der Waals surface area contributed by atoms with Gasteiger partial charge >= 0.3 is 0 Å². The first kappa shape index (κ1) is 12.8. The minimum atomic E-state index is -0.0127. The molecule has 0 unspecified atom stereocenters. The summed E-state index contributed by atoms with van der Waals surface area (Å²) in [5.74, 6) is 0.739. The Balaban J connectivity index is 1.82. The zero-order valence-electron chi connectivity index (χ0n) is 11.6. The molecule has 1 aliphatic rings. The number of hydrogen-bond donors (Lipinski definition) is 2. The quantitative estimate of drug-likeness (QED) is 0.902. The minimum Gasteiger partial charge on any atom is -0.309 e. The lowest BCUT2D eigenvalue weighted by molar-refractivity contribution is 0.493. The third kappa shape index (κ3) is 2.44. The van der Waals surface area contributed by atoms with Crippen molar-refractivity contribution < 1.29 is 0 Å². The van der Waals surface area contributed by atoms with Crippen LogP contribution < -0.4 is 10.9 Å². The van der Waals surface area contributed by atoms with Crippen LogP contribution >= 0.6 is 11.3 Å². The van der Waals surface area contributed by atoms with Gasteiger partial charge in [-0.2, -0.15) is 0 Å². The van der Waals surface area contributed by atoms with Gasteiger partial charge in [-0.15, -0.1) is 11.3 Å². The Kier molecular flexibility index (Phi) is 2.98. The van der Waals surface area contributed by atoms with Crippen molar-refractivity contribution in [1.29, 1.82) is 0 Å². The fourth-order valence-electron chi connectivity index (χ4n) is 2.26. The Morgan fingerprint density at radius 2 is 2.16 bits per heavy atom. The predicted octanol–water partition coefficient (Wildman–Crippen LogP) is 2.49. The molecule has 3 rings (SSSR count). The summed E-state index contributed by atoms with van der Waals surface area (Å²) < 4.78 is 0. The summed E-state index contributed by atoms with van der Waals surface area (Å²) in [6.45, 7) is 7.93. The van der Waals surface area contributed by atoms with Crippen LogP contribution in [0.3, 0.4) is 0 Å². The molecule has 1 fully saturated rings. The van der Waals surface area contributed by atoms with Gasteiger partial charge in [-0.05, 0) is 37.7 Å². The van der Waals surface area contributed by atoms with E-state index in [-0.39, 0.29) is 5.56 Å². The Bertz CT molecular complexity index is 682. The van der Waals surface area contributed by atoms with Crippen LogP contribution in [0, 0.1) is 19.3 Å². The van der Waals surface area contributed by atoms with Gasteiger partial charge in [-0.25, -0.2) is 4.98 Å². The van der Waals surface area contributed by atoms with Crippen LogP contribution in [0.4, 0.5) is 0 Å². The number of aromatic amines is 1. The molecule has 0 radical (unpaired) electrons. The molecule has 2 N–H and O–H groups in total. The monoisotopic (exact) mass is 277 g/mol. The maximum Gasteiger partial charge on any atom is 0.259 e. The molecule has 2 aromatic heterocycles. The Morgan fingerprint density at radius 1 is 1.42 bits per heavy atom. The predicted molar refractivity (Wildman–Crippen MR) is 78.8 cm³/mol. The van der Waals surface area contributed by atoms with Gasteiger partial charge in [0.25, 0.3) is 5.56 Å². The number of aromatic nitrogens is 2. The van der Waals surface area contributed by atoms with E-state index in [1.165, 1.54) is 17.7 Å². The van der Waals surface area contributed by atoms with E-state index in [1.807, 2.05) is 13.8 Å². The van der Waals surface area contributed by atoms with Crippen LogP contribution in [0.25, 0.3) is 10.2 Å². The van der Waals surface area contributed by atoms with Crippen LogP contribution in [-0.2, 0) is 6.54 Å². The second-order valence-corrected chi connectivity index (χ2v) is 7.09. The lowest BCUT2D eigenvalue weighted by atomic mass is 10.1. The number of fused-ring (bicyclic) bond motifs is 1. The van der Waals surface area contributed by atoms with E-state index in [4.69, 9.17) is 0 Å². The fraction of sp³-hybridized carbons (Fsp3) is 0.571.